The van der Waals surface area contributed by atoms with Gasteiger partial charge < -0.3 is 9.31 Å². The molecule has 0 atom stereocenters. The summed E-state index contributed by atoms with van der Waals surface area (Å²) in [5, 5.41) is 0. The van der Waals surface area contributed by atoms with E-state index < -0.39 is 0 Å². The van der Waals surface area contributed by atoms with Crippen LogP contribution in [0.2, 0.25) is 0 Å². The first-order valence-electron chi connectivity index (χ1n) is 3.68. The molecule has 0 unspecified atom stereocenters. The lowest BCUT2D eigenvalue weighted by atomic mass is 10.1. The minimum atomic E-state index is 0.823. The summed E-state index contributed by atoms with van der Waals surface area (Å²) in [7, 11) is 1.36. The Labute approximate surface area is 66.4 Å². The van der Waals surface area contributed by atoms with Gasteiger partial charge in [-0.25, -0.2) is 0 Å². The first-order chi connectivity index (χ1) is 5.42. The minimum absolute atomic E-state index is 0.823. The van der Waals surface area contributed by atoms with Crippen LogP contribution in [0.1, 0.15) is 12.5 Å². The normalized spacial score (nSPS) is 12.8. The number of benzene rings is 1. The fourth-order valence-electron chi connectivity index (χ4n) is 1.19. The molecule has 0 amide bonds. The average molecular weight is 147 g/mol. The summed E-state index contributed by atoms with van der Waals surface area (Å²) in [6.45, 7) is 2.09. The van der Waals surface area contributed by atoms with Gasteiger partial charge in [0, 0.05) is 0 Å². The van der Waals surface area contributed by atoms with Crippen LogP contribution in [0.15, 0.2) is 18.2 Å². The molecule has 1 heterocycles. The van der Waals surface area contributed by atoms with E-state index in [0.717, 1.165) is 17.9 Å². The van der Waals surface area contributed by atoms with Gasteiger partial charge in [-0.15, -0.1) is 0 Å². The van der Waals surface area contributed by atoms with Crippen molar-refractivity contribution in [2.24, 2.45) is 0 Å². The highest BCUT2D eigenvalue weighted by molar-refractivity contribution is 6.23. The van der Waals surface area contributed by atoms with Gasteiger partial charge in [-0.1, -0.05) is 19.1 Å². The van der Waals surface area contributed by atoms with Crippen molar-refractivity contribution in [2.75, 3.05) is 0 Å². The lowest BCUT2D eigenvalue weighted by Gasteiger charge is -2.02. The maximum absolute atomic E-state index is 5.17. The van der Waals surface area contributed by atoms with Gasteiger partial charge >= 0.3 is 7.69 Å². The third kappa shape index (κ3) is 0.966. The molecule has 1 aliphatic heterocycles. The lowest BCUT2D eigenvalue weighted by Crippen LogP contribution is -2.00. The van der Waals surface area contributed by atoms with Gasteiger partial charge in [-0.05, 0) is 18.1 Å². The van der Waals surface area contributed by atoms with Gasteiger partial charge in [-0.3, -0.25) is 0 Å². The monoisotopic (exact) mass is 147 g/mol. The summed E-state index contributed by atoms with van der Waals surface area (Å²) in [5.41, 5.74) is 1.19. The molecule has 0 bridgehead atoms. The Balaban J connectivity index is 2.50. The van der Waals surface area contributed by atoms with E-state index in [4.69, 9.17) is 9.31 Å². The van der Waals surface area contributed by atoms with Gasteiger partial charge in [0.2, 0.25) is 0 Å². The van der Waals surface area contributed by atoms with E-state index in [1.165, 1.54) is 13.2 Å². The van der Waals surface area contributed by atoms with Crippen LogP contribution < -0.4 is 9.31 Å². The van der Waals surface area contributed by atoms with E-state index in [9.17, 15) is 0 Å². The smallest absolute Gasteiger partial charge is 0.524 e. The van der Waals surface area contributed by atoms with E-state index in [0.29, 0.717) is 0 Å². The molecule has 2 nitrogen and oxygen atoms in total. The Morgan fingerprint density at radius 1 is 1.36 bits per heavy atom. The van der Waals surface area contributed by atoms with Crippen LogP contribution in [0.4, 0.5) is 0 Å². The molecule has 0 aliphatic carbocycles. The molecule has 1 aliphatic rings. The average Bonchev–Trinajstić information content (AvgIpc) is 2.50. The maximum atomic E-state index is 5.17. The van der Waals surface area contributed by atoms with E-state index in [1.54, 1.807) is 0 Å². The van der Waals surface area contributed by atoms with Crippen molar-refractivity contribution in [3.63, 3.8) is 0 Å². The van der Waals surface area contributed by atoms with Crippen molar-refractivity contribution >= 4 is 7.69 Å². The molecular weight excluding hydrogens is 139 g/mol. The summed E-state index contributed by atoms with van der Waals surface area (Å²) in [5.74, 6) is 1.69. The van der Waals surface area contributed by atoms with Gasteiger partial charge in [0.05, 0.1) is 0 Å². The highest BCUT2D eigenvalue weighted by atomic mass is 16.6. The van der Waals surface area contributed by atoms with Crippen LogP contribution in [0.25, 0.3) is 0 Å². The summed E-state index contributed by atoms with van der Waals surface area (Å²) in [6, 6.07) is 5.92. The van der Waals surface area contributed by atoms with E-state index in [1.807, 2.05) is 18.2 Å². The molecule has 55 valence electrons. The fraction of sp³-hybridized carbons (Fsp3) is 0.250. The quantitative estimate of drug-likeness (QED) is 0.561. The predicted octanol–water partition coefficient (Wildman–Crippen LogP) is 1.55. The van der Waals surface area contributed by atoms with E-state index in [2.05, 4.69) is 6.92 Å². The van der Waals surface area contributed by atoms with Crippen molar-refractivity contribution in [1.29, 1.82) is 0 Å². The molecule has 0 spiro atoms. The SMILES string of the molecule is CCc1cccc2c1O[B]O2. The summed E-state index contributed by atoms with van der Waals surface area (Å²) < 4.78 is 10.3. The van der Waals surface area contributed by atoms with Crippen molar-refractivity contribution in [2.45, 2.75) is 13.3 Å². The van der Waals surface area contributed by atoms with Crippen LogP contribution in [0.3, 0.4) is 0 Å². The predicted molar refractivity (Wildman–Crippen MR) is 42.8 cm³/mol. The molecule has 1 radical (unpaired) electrons. The van der Waals surface area contributed by atoms with Crippen LogP contribution in [-0.2, 0) is 6.42 Å². The molecule has 0 N–H and O–H groups in total. The van der Waals surface area contributed by atoms with Gasteiger partial charge in [-0.2, -0.15) is 0 Å². The molecule has 1 aromatic rings. The van der Waals surface area contributed by atoms with Crippen LogP contribution in [0, 0.1) is 0 Å². The molecule has 0 saturated carbocycles. The highest BCUT2D eigenvalue weighted by Gasteiger charge is 2.18. The fourth-order valence-corrected chi connectivity index (χ4v) is 1.19. The molecule has 0 aromatic heterocycles. The minimum Gasteiger partial charge on any atom is -0.524 e. The van der Waals surface area contributed by atoms with Crippen molar-refractivity contribution in [3.05, 3.63) is 23.8 Å². The zero-order chi connectivity index (χ0) is 7.68. The first kappa shape index (κ1) is 6.59. The Bertz CT molecular complexity index is 273. The van der Waals surface area contributed by atoms with Crippen molar-refractivity contribution in [1.82, 2.24) is 0 Å². The van der Waals surface area contributed by atoms with Gasteiger partial charge in [0.15, 0.2) is 0 Å². The largest absolute Gasteiger partial charge is 0.658 e. The molecule has 1 aromatic carbocycles. The number of rotatable bonds is 1. The van der Waals surface area contributed by atoms with Crippen molar-refractivity contribution in [3.8, 4) is 11.5 Å². The second-order valence-corrected chi connectivity index (χ2v) is 2.43. The van der Waals surface area contributed by atoms with E-state index in [-0.39, 0.29) is 0 Å². The molecular formula is C8H8BO2. The highest BCUT2D eigenvalue weighted by Crippen LogP contribution is 2.34. The Morgan fingerprint density at radius 2 is 2.27 bits per heavy atom. The third-order valence-corrected chi connectivity index (χ3v) is 1.78. The van der Waals surface area contributed by atoms with Gasteiger partial charge in [0.1, 0.15) is 11.5 Å². The van der Waals surface area contributed by atoms with Gasteiger partial charge in [0.25, 0.3) is 0 Å². The topological polar surface area (TPSA) is 18.5 Å². The number of fused-ring (bicyclic) bond motifs is 1. The zero-order valence-corrected chi connectivity index (χ0v) is 6.33. The number of hydrogen-bond donors (Lipinski definition) is 0. The standard InChI is InChI=1S/C8H8BO2/c1-2-6-4-3-5-7-8(6)11-9-10-7/h3-5H,2H2,1H3. The van der Waals surface area contributed by atoms with Crippen LogP contribution >= 0.6 is 0 Å². The van der Waals surface area contributed by atoms with Crippen LogP contribution in [0.5, 0.6) is 11.5 Å². The number of hydrogen-bond acceptors (Lipinski definition) is 2. The van der Waals surface area contributed by atoms with Crippen LogP contribution in [-0.4, -0.2) is 7.69 Å². The third-order valence-electron chi connectivity index (χ3n) is 1.78. The summed E-state index contributed by atoms with van der Waals surface area (Å²) in [4.78, 5) is 0. The first-order valence-corrected chi connectivity index (χ1v) is 3.68. The molecule has 2 rings (SSSR count). The summed E-state index contributed by atoms with van der Waals surface area (Å²) in [6.07, 6.45) is 0.973. The Kier molecular flexibility index (Phi) is 1.49. The number of para-hydroxylation sites is 1. The maximum Gasteiger partial charge on any atom is 0.658 e. The molecule has 0 saturated heterocycles. The number of aryl methyl sites for hydroxylation is 1. The summed E-state index contributed by atoms with van der Waals surface area (Å²) >= 11 is 0. The molecule has 0 fully saturated rings. The molecule has 3 heteroatoms. The lowest BCUT2D eigenvalue weighted by molar-refractivity contribution is 0.539. The zero-order valence-electron chi connectivity index (χ0n) is 6.33. The molecule has 11 heavy (non-hydrogen) atoms. The Hall–Kier alpha value is -1.12. The second kappa shape index (κ2) is 2.49. The second-order valence-electron chi connectivity index (χ2n) is 2.43. The van der Waals surface area contributed by atoms with E-state index >= 15 is 0 Å². The Morgan fingerprint density at radius 3 is 3.09 bits per heavy atom. The van der Waals surface area contributed by atoms with Crippen molar-refractivity contribution < 1.29 is 9.31 Å².